The number of nitrogens with one attached hydrogen (secondary N) is 1. The first kappa shape index (κ1) is 18.2. The van der Waals surface area contributed by atoms with Crippen molar-refractivity contribution in [1.82, 2.24) is 0 Å². The van der Waals surface area contributed by atoms with E-state index >= 15 is 0 Å². The number of rotatable bonds is 7. The summed E-state index contributed by atoms with van der Waals surface area (Å²) in [5.74, 6) is -0.0674. The summed E-state index contributed by atoms with van der Waals surface area (Å²) >= 11 is 0. The van der Waals surface area contributed by atoms with E-state index in [0.29, 0.717) is 17.9 Å². The Kier molecular flexibility index (Phi) is 5.75. The van der Waals surface area contributed by atoms with Crippen LogP contribution >= 0.6 is 0 Å². The second-order valence-corrected chi connectivity index (χ2v) is 7.43. The van der Waals surface area contributed by atoms with Crippen LogP contribution in [0.4, 0.5) is 5.69 Å². The molecular formula is C18H21NO4S. The molecule has 0 aliphatic heterocycles. The first-order valence-corrected chi connectivity index (χ1v) is 9.10. The van der Waals surface area contributed by atoms with Gasteiger partial charge in [0.1, 0.15) is 0 Å². The zero-order valence-electron chi connectivity index (χ0n) is 13.9. The second-order valence-electron chi connectivity index (χ2n) is 5.75. The van der Waals surface area contributed by atoms with Crippen LogP contribution in [0.15, 0.2) is 53.4 Å². The third-order valence-electron chi connectivity index (χ3n) is 3.34. The number of carbonyl (C=O) groups excluding carboxylic acids is 1. The Labute approximate surface area is 142 Å². The minimum absolute atomic E-state index is 0.0674. The van der Waals surface area contributed by atoms with E-state index in [1.807, 2.05) is 19.9 Å². The molecule has 0 amide bonds. The molecule has 6 heteroatoms. The number of ether oxygens (including phenoxy) is 1. The molecule has 0 bridgehead atoms. The minimum Gasteiger partial charge on any atom is -0.374 e. The summed E-state index contributed by atoms with van der Waals surface area (Å²) < 4.78 is 33.0. The number of hydrogen-bond donors (Lipinski definition) is 1. The Morgan fingerprint density at radius 1 is 1.12 bits per heavy atom. The molecule has 0 heterocycles. The molecule has 2 rings (SSSR count). The van der Waals surface area contributed by atoms with Gasteiger partial charge in [-0.15, -0.1) is 0 Å². The van der Waals surface area contributed by atoms with Crippen molar-refractivity contribution in [2.45, 2.75) is 38.4 Å². The molecule has 0 radical (unpaired) electrons. The van der Waals surface area contributed by atoms with Crippen LogP contribution in [0.25, 0.3) is 0 Å². The maximum atomic E-state index is 12.5. The van der Waals surface area contributed by atoms with Crippen LogP contribution in [0.2, 0.25) is 0 Å². The fourth-order valence-corrected chi connectivity index (χ4v) is 3.18. The van der Waals surface area contributed by atoms with E-state index < -0.39 is 10.0 Å². The molecule has 2 aromatic rings. The minimum atomic E-state index is -3.70. The molecule has 1 N–H and O–H groups in total. The van der Waals surface area contributed by atoms with E-state index in [1.165, 1.54) is 13.0 Å². The van der Waals surface area contributed by atoms with Gasteiger partial charge >= 0.3 is 0 Å². The Hall–Kier alpha value is -2.18. The predicted octanol–water partition coefficient (Wildman–Crippen LogP) is 3.62. The number of sulfonamides is 1. The number of carbonyl (C=O) groups is 1. The number of anilines is 1. The van der Waals surface area contributed by atoms with Gasteiger partial charge in [0.25, 0.3) is 10.0 Å². The van der Waals surface area contributed by atoms with E-state index in [-0.39, 0.29) is 16.8 Å². The van der Waals surface area contributed by atoms with Crippen molar-refractivity contribution >= 4 is 21.5 Å². The van der Waals surface area contributed by atoms with Crippen molar-refractivity contribution in [3.05, 3.63) is 59.7 Å². The van der Waals surface area contributed by atoms with Crippen LogP contribution in [0.3, 0.4) is 0 Å². The fourth-order valence-electron chi connectivity index (χ4n) is 2.05. The van der Waals surface area contributed by atoms with E-state index in [2.05, 4.69) is 4.72 Å². The van der Waals surface area contributed by atoms with Crippen molar-refractivity contribution in [2.75, 3.05) is 4.72 Å². The Morgan fingerprint density at radius 2 is 1.79 bits per heavy atom. The highest BCUT2D eigenvalue weighted by atomic mass is 32.2. The van der Waals surface area contributed by atoms with Gasteiger partial charge in [-0.05, 0) is 62.7 Å². The quantitative estimate of drug-likeness (QED) is 0.777. The largest absolute Gasteiger partial charge is 0.374 e. The van der Waals surface area contributed by atoms with Crippen molar-refractivity contribution in [3.8, 4) is 0 Å². The molecule has 0 atom stereocenters. The van der Waals surface area contributed by atoms with Crippen molar-refractivity contribution < 1.29 is 17.9 Å². The average molecular weight is 347 g/mol. The lowest BCUT2D eigenvalue weighted by Crippen LogP contribution is -2.13. The summed E-state index contributed by atoms with van der Waals surface area (Å²) in [5.41, 5.74) is 1.73. The standard InChI is InChI=1S/C18H21NO4S/c1-13(2)23-12-15-5-4-6-18(11-15)24(21,22)19-17-9-7-16(8-10-17)14(3)20/h4-11,13,19H,12H2,1-3H3. The first-order chi connectivity index (χ1) is 11.3. The molecule has 0 fully saturated rings. The van der Waals surface area contributed by atoms with Gasteiger partial charge in [-0.2, -0.15) is 0 Å². The third kappa shape index (κ3) is 4.91. The van der Waals surface area contributed by atoms with Crippen molar-refractivity contribution in [3.63, 3.8) is 0 Å². The number of hydrogen-bond acceptors (Lipinski definition) is 4. The Bertz CT molecular complexity index is 811. The van der Waals surface area contributed by atoms with Crippen LogP contribution in [-0.2, 0) is 21.4 Å². The lowest BCUT2D eigenvalue weighted by Gasteiger charge is -2.11. The lowest BCUT2D eigenvalue weighted by molar-refractivity contribution is 0.0656. The lowest BCUT2D eigenvalue weighted by atomic mass is 10.1. The van der Waals surface area contributed by atoms with Crippen molar-refractivity contribution in [1.29, 1.82) is 0 Å². The summed E-state index contributed by atoms with van der Waals surface area (Å²) in [6.45, 7) is 5.66. The Balaban J connectivity index is 2.17. The van der Waals surface area contributed by atoms with Gasteiger partial charge in [-0.3, -0.25) is 9.52 Å². The van der Waals surface area contributed by atoms with Crippen LogP contribution in [0.1, 0.15) is 36.7 Å². The van der Waals surface area contributed by atoms with E-state index in [9.17, 15) is 13.2 Å². The second kappa shape index (κ2) is 7.59. The van der Waals surface area contributed by atoms with Gasteiger partial charge < -0.3 is 4.74 Å². The summed E-state index contributed by atoms with van der Waals surface area (Å²) in [6.07, 6.45) is 0.0724. The topological polar surface area (TPSA) is 72.5 Å². The van der Waals surface area contributed by atoms with Gasteiger partial charge in [0, 0.05) is 11.3 Å². The van der Waals surface area contributed by atoms with Crippen molar-refractivity contribution in [2.24, 2.45) is 0 Å². The van der Waals surface area contributed by atoms with Gasteiger partial charge in [-0.25, -0.2) is 8.42 Å². The summed E-state index contributed by atoms with van der Waals surface area (Å²) in [4.78, 5) is 11.4. The van der Waals surface area contributed by atoms with Crippen LogP contribution in [0.5, 0.6) is 0 Å². The third-order valence-corrected chi connectivity index (χ3v) is 4.71. The van der Waals surface area contributed by atoms with E-state index in [0.717, 1.165) is 5.56 Å². The summed E-state index contributed by atoms with van der Waals surface area (Å²) in [7, 11) is -3.70. The summed E-state index contributed by atoms with van der Waals surface area (Å²) in [6, 6.07) is 13.0. The molecule has 0 aliphatic rings. The SMILES string of the molecule is CC(=O)c1ccc(NS(=O)(=O)c2cccc(COC(C)C)c2)cc1. The summed E-state index contributed by atoms with van der Waals surface area (Å²) in [5, 5.41) is 0. The fraction of sp³-hybridized carbons (Fsp3) is 0.278. The van der Waals surface area contributed by atoms with Gasteiger partial charge in [-0.1, -0.05) is 12.1 Å². The van der Waals surface area contributed by atoms with Gasteiger partial charge in [0.15, 0.2) is 5.78 Å². The highest BCUT2D eigenvalue weighted by molar-refractivity contribution is 7.92. The maximum absolute atomic E-state index is 12.5. The molecule has 0 unspecified atom stereocenters. The van der Waals surface area contributed by atoms with E-state index in [1.54, 1.807) is 36.4 Å². The zero-order valence-corrected chi connectivity index (χ0v) is 14.8. The van der Waals surface area contributed by atoms with E-state index in [4.69, 9.17) is 4.74 Å². The van der Waals surface area contributed by atoms with Crippen LogP contribution in [0, 0.1) is 0 Å². The molecule has 24 heavy (non-hydrogen) atoms. The molecule has 0 spiro atoms. The highest BCUT2D eigenvalue weighted by Gasteiger charge is 2.15. The molecule has 0 saturated heterocycles. The molecule has 2 aromatic carbocycles. The number of benzene rings is 2. The zero-order chi connectivity index (χ0) is 17.7. The van der Waals surface area contributed by atoms with Crippen LogP contribution in [-0.4, -0.2) is 20.3 Å². The smallest absolute Gasteiger partial charge is 0.261 e. The van der Waals surface area contributed by atoms with Gasteiger partial charge in [0.2, 0.25) is 0 Å². The monoisotopic (exact) mass is 347 g/mol. The maximum Gasteiger partial charge on any atom is 0.261 e. The molecule has 0 saturated carbocycles. The molecule has 128 valence electrons. The molecule has 0 aliphatic carbocycles. The number of Topliss-reactive ketones (excluding diaryl/α,β-unsaturated/α-hetero) is 1. The molecule has 5 nitrogen and oxygen atoms in total. The Morgan fingerprint density at radius 3 is 2.38 bits per heavy atom. The normalized spacial score (nSPS) is 11.5. The highest BCUT2D eigenvalue weighted by Crippen LogP contribution is 2.18. The van der Waals surface area contributed by atoms with Crippen LogP contribution < -0.4 is 4.72 Å². The molecule has 0 aromatic heterocycles. The molecular weight excluding hydrogens is 326 g/mol. The van der Waals surface area contributed by atoms with Gasteiger partial charge in [0.05, 0.1) is 17.6 Å². The predicted molar refractivity (Wildman–Crippen MR) is 93.6 cm³/mol. The average Bonchev–Trinajstić information content (AvgIpc) is 2.53. The number of ketones is 1. The first-order valence-electron chi connectivity index (χ1n) is 7.62.